The summed E-state index contributed by atoms with van der Waals surface area (Å²) < 4.78 is 10.9. The molecule has 1 aromatic carbocycles. The van der Waals surface area contributed by atoms with Gasteiger partial charge in [0.2, 0.25) is 6.79 Å². The highest BCUT2D eigenvalue weighted by Crippen LogP contribution is 2.49. The van der Waals surface area contributed by atoms with Gasteiger partial charge in [-0.15, -0.1) is 0 Å². The summed E-state index contributed by atoms with van der Waals surface area (Å²) in [7, 11) is 0. The van der Waals surface area contributed by atoms with Gasteiger partial charge in [0.05, 0.1) is 0 Å². The monoisotopic (exact) mass is 285 g/mol. The van der Waals surface area contributed by atoms with Gasteiger partial charge in [0, 0.05) is 31.5 Å². The average Bonchev–Trinajstić information content (AvgIpc) is 3.03. The fraction of sp³-hybridized carbons (Fsp3) is 0.438. The number of carbonyl (C=O) groups is 1. The first-order valence-electron chi connectivity index (χ1n) is 7.30. The van der Waals surface area contributed by atoms with E-state index in [4.69, 9.17) is 9.47 Å². The lowest BCUT2D eigenvalue weighted by Gasteiger charge is -2.29. The van der Waals surface area contributed by atoms with Gasteiger partial charge in [0.1, 0.15) is 6.10 Å². The van der Waals surface area contributed by atoms with Crippen molar-refractivity contribution in [1.82, 2.24) is 4.90 Å². The molecule has 5 heteroatoms. The van der Waals surface area contributed by atoms with Crippen LogP contribution < -0.4 is 9.47 Å². The second-order valence-electron chi connectivity index (χ2n) is 6.20. The minimum atomic E-state index is -0.849. The molecule has 4 aliphatic rings. The number of ether oxygens (including phenoxy) is 2. The fourth-order valence-electron chi connectivity index (χ4n) is 4.11. The topological polar surface area (TPSA) is 59.0 Å². The van der Waals surface area contributed by atoms with Crippen molar-refractivity contribution in [2.45, 2.75) is 31.0 Å². The highest BCUT2D eigenvalue weighted by molar-refractivity contribution is 5.95. The van der Waals surface area contributed by atoms with E-state index in [2.05, 4.69) is 17.0 Å². The zero-order valence-electron chi connectivity index (χ0n) is 11.4. The summed E-state index contributed by atoms with van der Waals surface area (Å²) in [6, 6.07) is 4.32. The first-order valence-corrected chi connectivity index (χ1v) is 7.30. The van der Waals surface area contributed by atoms with Crippen molar-refractivity contribution in [2.24, 2.45) is 0 Å². The number of fused-ring (bicyclic) bond motifs is 8. The first kappa shape index (κ1) is 11.8. The summed E-state index contributed by atoms with van der Waals surface area (Å²) >= 11 is 0. The lowest BCUT2D eigenvalue weighted by atomic mass is 9.83. The molecule has 1 N–H and O–H groups in total. The van der Waals surface area contributed by atoms with Gasteiger partial charge < -0.3 is 14.6 Å². The van der Waals surface area contributed by atoms with Gasteiger partial charge in [-0.05, 0) is 34.9 Å². The number of aliphatic hydroxyl groups is 1. The predicted molar refractivity (Wildman–Crippen MR) is 73.2 cm³/mol. The highest BCUT2D eigenvalue weighted by atomic mass is 16.7. The summed E-state index contributed by atoms with van der Waals surface area (Å²) in [5.41, 5.74) is 3.64. The molecular weight excluding hydrogens is 270 g/mol. The Bertz CT molecular complexity index is 696. The molecule has 1 unspecified atom stereocenters. The number of carbonyl (C=O) groups excluding carboxylic acids is 1. The lowest BCUT2D eigenvalue weighted by molar-refractivity contribution is -0.123. The van der Waals surface area contributed by atoms with Gasteiger partial charge in [-0.25, -0.2) is 0 Å². The lowest BCUT2D eigenvalue weighted by Crippen LogP contribution is -2.38. The van der Waals surface area contributed by atoms with E-state index in [1.165, 1.54) is 11.1 Å². The van der Waals surface area contributed by atoms with E-state index in [-0.39, 0.29) is 24.5 Å². The summed E-state index contributed by atoms with van der Waals surface area (Å²) in [5.74, 6) is 1.69. The van der Waals surface area contributed by atoms with Crippen LogP contribution in [0, 0.1) is 0 Å². The van der Waals surface area contributed by atoms with Crippen LogP contribution in [0.3, 0.4) is 0 Å². The second kappa shape index (κ2) is 3.87. The van der Waals surface area contributed by atoms with E-state index in [0.29, 0.717) is 6.42 Å². The van der Waals surface area contributed by atoms with Crippen LogP contribution in [0.2, 0.25) is 0 Å². The molecule has 1 saturated heterocycles. The van der Waals surface area contributed by atoms with Gasteiger partial charge in [-0.2, -0.15) is 0 Å². The highest BCUT2D eigenvalue weighted by Gasteiger charge is 2.46. The molecule has 0 spiro atoms. The van der Waals surface area contributed by atoms with Gasteiger partial charge >= 0.3 is 0 Å². The van der Waals surface area contributed by atoms with Crippen LogP contribution in [0.25, 0.3) is 0 Å². The number of hydrogen-bond acceptors (Lipinski definition) is 5. The van der Waals surface area contributed by atoms with Crippen LogP contribution in [-0.2, 0) is 11.3 Å². The average molecular weight is 285 g/mol. The summed E-state index contributed by atoms with van der Waals surface area (Å²) in [6.07, 6.45) is 1.34. The number of benzene rings is 1. The molecule has 1 aromatic rings. The van der Waals surface area contributed by atoms with Crippen LogP contribution >= 0.6 is 0 Å². The number of ketones is 1. The minimum absolute atomic E-state index is 0.155. The Labute approximate surface area is 121 Å². The van der Waals surface area contributed by atoms with Gasteiger partial charge in [-0.1, -0.05) is 0 Å². The number of aliphatic hydroxyl groups excluding tert-OH is 1. The van der Waals surface area contributed by atoms with E-state index >= 15 is 0 Å². The predicted octanol–water partition coefficient (Wildman–Crippen LogP) is 0.957. The van der Waals surface area contributed by atoms with Gasteiger partial charge in [-0.3, -0.25) is 9.69 Å². The second-order valence-corrected chi connectivity index (χ2v) is 6.20. The Morgan fingerprint density at radius 3 is 2.90 bits per heavy atom. The maximum absolute atomic E-state index is 11.8. The van der Waals surface area contributed by atoms with E-state index in [1.54, 1.807) is 6.08 Å². The van der Waals surface area contributed by atoms with Crippen molar-refractivity contribution in [3.63, 3.8) is 0 Å². The van der Waals surface area contributed by atoms with Crippen molar-refractivity contribution in [3.8, 4) is 11.5 Å². The third kappa shape index (κ3) is 1.50. The third-order valence-corrected chi connectivity index (χ3v) is 5.11. The van der Waals surface area contributed by atoms with Crippen molar-refractivity contribution in [2.75, 3.05) is 13.3 Å². The van der Waals surface area contributed by atoms with Crippen LogP contribution in [0.4, 0.5) is 0 Å². The number of nitrogens with zero attached hydrogens (tertiary/aromatic N) is 1. The number of hydrogen-bond donors (Lipinski definition) is 1. The zero-order chi connectivity index (χ0) is 14.1. The van der Waals surface area contributed by atoms with Gasteiger partial charge in [0.15, 0.2) is 17.3 Å². The molecule has 1 aliphatic carbocycles. The Hall–Kier alpha value is -1.85. The van der Waals surface area contributed by atoms with E-state index in [9.17, 15) is 9.90 Å². The molecule has 3 heterocycles. The first-order chi connectivity index (χ1) is 10.2. The van der Waals surface area contributed by atoms with E-state index in [0.717, 1.165) is 30.2 Å². The normalized spacial score (nSPS) is 35.3. The van der Waals surface area contributed by atoms with Crippen molar-refractivity contribution >= 4 is 5.78 Å². The molecule has 1 fully saturated rings. The van der Waals surface area contributed by atoms with E-state index < -0.39 is 6.10 Å². The molecule has 0 saturated carbocycles. The van der Waals surface area contributed by atoms with Crippen molar-refractivity contribution < 1.29 is 19.4 Å². The zero-order valence-corrected chi connectivity index (χ0v) is 11.4. The smallest absolute Gasteiger partial charge is 0.231 e. The van der Waals surface area contributed by atoms with Crippen molar-refractivity contribution in [3.05, 3.63) is 34.9 Å². The molecular formula is C16H15NO4. The summed E-state index contributed by atoms with van der Waals surface area (Å²) in [4.78, 5) is 14.2. The maximum Gasteiger partial charge on any atom is 0.231 e. The molecule has 108 valence electrons. The molecule has 4 atom stereocenters. The van der Waals surface area contributed by atoms with Gasteiger partial charge in [0.25, 0.3) is 0 Å². The van der Waals surface area contributed by atoms with Crippen LogP contribution in [0.5, 0.6) is 11.5 Å². The standard InChI is InChI=1S/C16H15NO4/c18-13-2-10-11-6-17(12(10)4-14(13)19)5-8-1-15-16(3-9(8)11)21-7-20-15/h1-3,11-12,14,19H,4-7H2/t11-,12-,14-/m0/s1. The Balaban J connectivity index is 1.65. The largest absolute Gasteiger partial charge is 0.454 e. The molecule has 5 rings (SSSR count). The molecule has 3 aliphatic heterocycles. The van der Waals surface area contributed by atoms with E-state index in [1.807, 2.05) is 0 Å². The molecule has 5 nitrogen and oxygen atoms in total. The Morgan fingerprint density at radius 2 is 2.05 bits per heavy atom. The molecule has 0 radical (unpaired) electrons. The molecule has 2 bridgehead atoms. The number of rotatable bonds is 0. The molecule has 21 heavy (non-hydrogen) atoms. The van der Waals surface area contributed by atoms with Crippen molar-refractivity contribution in [1.29, 1.82) is 0 Å². The molecule has 0 aromatic heterocycles. The minimum Gasteiger partial charge on any atom is -0.454 e. The van der Waals surface area contributed by atoms with Crippen LogP contribution in [-0.4, -0.2) is 41.3 Å². The van der Waals surface area contributed by atoms with Crippen LogP contribution in [0.15, 0.2) is 23.8 Å². The summed E-state index contributed by atoms with van der Waals surface area (Å²) in [6.45, 7) is 2.04. The van der Waals surface area contributed by atoms with Crippen LogP contribution in [0.1, 0.15) is 23.5 Å². The Kier molecular flexibility index (Phi) is 2.17. The quantitative estimate of drug-likeness (QED) is 0.769. The molecule has 0 amide bonds. The SMILES string of the molecule is O=C1C=C2[C@H]3CN(Cc4cc5c(cc43)OCO5)[C@H]2C[C@@H]1O. The third-order valence-electron chi connectivity index (χ3n) is 5.11. The maximum atomic E-state index is 11.8. The Morgan fingerprint density at radius 1 is 1.24 bits per heavy atom. The summed E-state index contributed by atoms with van der Waals surface area (Å²) in [5, 5.41) is 9.84. The fourth-order valence-corrected chi connectivity index (χ4v) is 4.11.